The molecule has 0 spiro atoms. The van der Waals surface area contributed by atoms with E-state index in [1.165, 1.54) is 30.5 Å². The van der Waals surface area contributed by atoms with Gasteiger partial charge < -0.3 is 0 Å². The number of benzene rings is 1. The van der Waals surface area contributed by atoms with Crippen molar-refractivity contribution in [2.45, 2.75) is 0 Å². The highest BCUT2D eigenvalue weighted by atomic mass is 19.1. The van der Waals surface area contributed by atoms with Gasteiger partial charge in [-0.05, 0) is 12.1 Å². The first kappa shape index (κ1) is 10.4. The Bertz CT molecular complexity index is 540. The minimum absolute atomic E-state index is 0.0539. The van der Waals surface area contributed by atoms with Crippen LogP contribution in [0.4, 0.5) is 8.78 Å². The summed E-state index contributed by atoms with van der Waals surface area (Å²) in [5, 5.41) is 0. The zero-order valence-electron chi connectivity index (χ0n) is 8.15. The van der Waals surface area contributed by atoms with Crippen LogP contribution < -0.4 is 0 Å². The number of hydrogen-bond acceptors (Lipinski definition) is 2. The number of rotatable bonds is 2. The van der Waals surface area contributed by atoms with Gasteiger partial charge in [-0.25, -0.2) is 8.78 Å². The van der Waals surface area contributed by atoms with E-state index in [1.807, 2.05) is 0 Å². The lowest BCUT2D eigenvalue weighted by atomic mass is 10.0. The van der Waals surface area contributed by atoms with Crippen molar-refractivity contribution in [3.05, 3.63) is 53.9 Å². The predicted molar refractivity (Wildman–Crippen MR) is 55.0 cm³/mol. The Morgan fingerprint density at radius 2 is 2.00 bits per heavy atom. The van der Waals surface area contributed by atoms with Gasteiger partial charge in [-0.15, -0.1) is 0 Å². The van der Waals surface area contributed by atoms with E-state index in [0.717, 1.165) is 6.20 Å². The van der Waals surface area contributed by atoms with Gasteiger partial charge in [0.2, 0.25) is 0 Å². The van der Waals surface area contributed by atoms with Crippen LogP contribution in [-0.4, -0.2) is 11.3 Å². The molecule has 4 heteroatoms. The summed E-state index contributed by atoms with van der Waals surface area (Å²) >= 11 is 0. The molecule has 1 aromatic carbocycles. The summed E-state index contributed by atoms with van der Waals surface area (Å²) in [5.74, 6) is -1.21. The van der Waals surface area contributed by atoms with Crippen LogP contribution in [0.1, 0.15) is 10.4 Å². The van der Waals surface area contributed by atoms with Crippen LogP contribution in [0, 0.1) is 11.6 Å². The molecule has 2 rings (SSSR count). The highest BCUT2D eigenvalue weighted by Gasteiger charge is 2.09. The third-order valence-electron chi connectivity index (χ3n) is 2.17. The average molecular weight is 219 g/mol. The van der Waals surface area contributed by atoms with Crippen molar-refractivity contribution in [2.75, 3.05) is 0 Å². The van der Waals surface area contributed by atoms with Gasteiger partial charge in [0.1, 0.15) is 11.6 Å². The summed E-state index contributed by atoms with van der Waals surface area (Å²) < 4.78 is 26.6. The molecule has 0 bridgehead atoms. The van der Waals surface area contributed by atoms with E-state index in [9.17, 15) is 13.6 Å². The first-order valence-electron chi connectivity index (χ1n) is 4.57. The molecular formula is C12H7F2NO. The van der Waals surface area contributed by atoms with Crippen molar-refractivity contribution >= 4 is 6.29 Å². The molecule has 0 aliphatic rings. The second kappa shape index (κ2) is 4.18. The van der Waals surface area contributed by atoms with Crippen molar-refractivity contribution in [1.82, 2.24) is 4.98 Å². The lowest BCUT2D eigenvalue weighted by Crippen LogP contribution is -1.92. The normalized spacial score (nSPS) is 10.1. The fourth-order valence-electron chi connectivity index (χ4n) is 1.42. The first-order chi connectivity index (χ1) is 7.72. The van der Waals surface area contributed by atoms with Crippen LogP contribution in [0.15, 0.2) is 36.7 Å². The first-order valence-corrected chi connectivity index (χ1v) is 4.57. The third-order valence-corrected chi connectivity index (χ3v) is 2.17. The summed E-state index contributed by atoms with van der Waals surface area (Å²) in [6.45, 7) is 0. The van der Waals surface area contributed by atoms with Crippen molar-refractivity contribution in [3.63, 3.8) is 0 Å². The topological polar surface area (TPSA) is 30.0 Å². The quantitative estimate of drug-likeness (QED) is 0.727. The maximum Gasteiger partial charge on any atom is 0.153 e. The molecule has 0 saturated carbocycles. The second-order valence-corrected chi connectivity index (χ2v) is 3.22. The Labute approximate surface area is 90.6 Å². The van der Waals surface area contributed by atoms with Gasteiger partial charge in [-0.3, -0.25) is 9.78 Å². The van der Waals surface area contributed by atoms with Crippen LogP contribution in [-0.2, 0) is 0 Å². The molecule has 0 saturated heterocycles. The summed E-state index contributed by atoms with van der Waals surface area (Å²) in [5.41, 5.74) is 0.416. The number of carbonyl (C=O) groups excluding carboxylic acids is 1. The molecule has 2 nitrogen and oxygen atoms in total. The average Bonchev–Trinajstić information content (AvgIpc) is 2.29. The zero-order chi connectivity index (χ0) is 11.5. The van der Waals surface area contributed by atoms with Crippen LogP contribution in [0.3, 0.4) is 0 Å². The monoisotopic (exact) mass is 219 g/mol. The second-order valence-electron chi connectivity index (χ2n) is 3.22. The van der Waals surface area contributed by atoms with E-state index >= 15 is 0 Å². The molecule has 0 radical (unpaired) electrons. The molecule has 0 atom stereocenters. The number of hydrogen-bond donors (Lipinski definition) is 0. The Balaban J connectivity index is 2.60. The molecule has 1 aromatic heterocycles. The van der Waals surface area contributed by atoms with Crippen molar-refractivity contribution in [3.8, 4) is 11.1 Å². The van der Waals surface area contributed by atoms with Gasteiger partial charge in [0, 0.05) is 17.3 Å². The highest BCUT2D eigenvalue weighted by molar-refractivity contribution is 5.79. The number of aldehydes is 1. The minimum atomic E-state index is -0.662. The smallest absolute Gasteiger partial charge is 0.153 e. The maximum atomic E-state index is 13.7. The van der Waals surface area contributed by atoms with Gasteiger partial charge >= 0.3 is 0 Å². The maximum absolute atomic E-state index is 13.7. The van der Waals surface area contributed by atoms with Crippen molar-refractivity contribution in [2.24, 2.45) is 0 Å². The summed E-state index contributed by atoms with van der Waals surface area (Å²) in [4.78, 5) is 14.2. The SMILES string of the molecule is O=Cc1cccc(-c2cncc(F)c2)c1F. The highest BCUT2D eigenvalue weighted by Crippen LogP contribution is 2.24. The number of aromatic nitrogens is 1. The molecule has 0 amide bonds. The van der Waals surface area contributed by atoms with Gasteiger partial charge in [-0.1, -0.05) is 12.1 Å². The van der Waals surface area contributed by atoms with Crippen LogP contribution in [0.2, 0.25) is 0 Å². The minimum Gasteiger partial charge on any atom is -0.298 e. The van der Waals surface area contributed by atoms with Crippen LogP contribution >= 0.6 is 0 Å². The van der Waals surface area contributed by atoms with E-state index in [4.69, 9.17) is 0 Å². The Morgan fingerprint density at radius 3 is 2.69 bits per heavy atom. The number of carbonyl (C=O) groups is 1. The third kappa shape index (κ3) is 1.82. The molecular weight excluding hydrogens is 212 g/mol. The Kier molecular flexibility index (Phi) is 2.72. The number of pyridine rings is 1. The molecule has 0 unspecified atom stereocenters. The fraction of sp³-hybridized carbons (Fsp3) is 0. The molecule has 0 aliphatic carbocycles. The summed E-state index contributed by atoms with van der Waals surface area (Å²) in [6, 6.07) is 5.53. The molecule has 1 heterocycles. The largest absolute Gasteiger partial charge is 0.298 e. The van der Waals surface area contributed by atoms with E-state index in [-0.39, 0.29) is 11.1 Å². The lowest BCUT2D eigenvalue weighted by molar-refractivity contribution is 0.112. The summed E-state index contributed by atoms with van der Waals surface area (Å²) in [7, 11) is 0. The molecule has 0 aliphatic heterocycles. The number of halogens is 2. The molecule has 0 N–H and O–H groups in total. The molecule has 2 aromatic rings. The van der Waals surface area contributed by atoms with Gasteiger partial charge in [0.15, 0.2) is 6.29 Å². The number of nitrogens with zero attached hydrogens (tertiary/aromatic N) is 1. The van der Waals surface area contributed by atoms with E-state index in [1.54, 1.807) is 0 Å². The Hall–Kier alpha value is -2.10. The molecule has 16 heavy (non-hydrogen) atoms. The van der Waals surface area contributed by atoms with Crippen molar-refractivity contribution < 1.29 is 13.6 Å². The summed E-state index contributed by atoms with van der Waals surface area (Å²) in [6.07, 6.45) is 2.80. The van der Waals surface area contributed by atoms with Gasteiger partial charge in [0.05, 0.1) is 11.8 Å². The lowest BCUT2D eigenvalue weighted by Gasteiger charge is -2.04. The standard InChI is InChI=1S/C12H7F2NO/c13-10-4-9(5-15-6-10)11-3-1-2-8(7-16)12(11)14/h1-7H. The zero-order valence-corrected chi connectivity index (χ0v) is 8.15. The predicted octanol–water partition coefficient (Wildman–Crippen LogP) is 2.84. The van der Waals surface area contributed by atoms with Gasteiger partial charge in [-0.2, -0.15) is 0 Å². The van der Waals surface area contributed by atoms with Gasteiger partial charge in [0.25, 0.3) is 0 Å². The van der Waals surface area contributed by atoms with Crippen LogP contribution in [0.5, 0.6) is 0 Å². The van der Waals surface area contributed by atoms with E-state index < -0.39 is 11.6 Å². The molecule has 80 valence electrons. The van der Waals surface area contributed by atoms with Crippen molar-refractivity contribution in [1.29, 1.82) is 0 Å². The Morgan fingerprint density at radius 1 is 1.19 bits per heavy atom. The van der Waals surface area contributed by atoms with E-state index in [2.05, 4.69) is 4.98 Å². The van der Waals surface area contributed by atoms with E-state index in [0.29, 0.717) is 11.8 Å². The van der Waals surface area contributed by atoms with Crippen LogP contribution in [0.25, 0.3) is 11.1 Å². The fourth-order valence-corrected chi connectivity index (χ4v) is 1.42. The molecule has 0 fully saturated rings.